The van der Waals surface area contributed by atoms with Gasteiger partial charge in [0.05, 0.1) is 0 Å². The summed E-state index contributed by atoms with van der Waals surface area (Å²) in [5.41, 5.74) is 0. The number of unbranched alkanes of at least 4 members (excludes halogenated alkanes) is 16. The van der Waals surface area contributed by atoms with E-state index >= 15 is 0 Å². The number of ether oxygens (including phenoxy) is 3. The minimum Gasteiger partial charge on any atom is -0.462 e. The zero-order chi connectivity index (χ0) is 57.1. The zero-order valence-electron chi connectivity index (χ0n) is 50.6. The second kappa shape index (κ2) is 65.3. The minimum atomic E-state index is -0.821. The molecule has 0 bridgehead atoms. The summed E-state index contributed by atoms with van der Waals surface area (Å²) in [5.74, 6) is -0.984. The van der Waals surface area contributed by atoms with Crippen molar-refractivity contribution in [3.05, 3.63) is 170 Å². The molecule has 1 atom stereocenters. The quantitative estimate of drug-likeness (QED) is 0.0261. The molecule has 6 nitrogen and oxygen atoms in total. The van der Waals surface area contributed by atoms with Gasteiger partial charge >= 0.3 is 17.9 Å². The Morgan fingerprint density at radius 3 is 0.785 bits per heavy atom. The average molecular weight is 1090 g/mol. The first-order valence-electron chi connectivity index (χ1n) is 31.6. The van der Waals surface area contributed by atoms with Crippen LogP contribution in [0.2, 0.25) is 0 Å². The van der Waals surface area contributed by atoms with Gasteiger partial charge in [-0.05, 0) is 154 Å². The van der Waals surface area contributed by atoms with E-state index in [1.165, 1.54) is 25.7 Å². The van der Waals surface area contributed by atoms with Crippen LogP contribution in [0.5, 0.6) is 0 Å². The predicted octanol–water partition coefficient (Wildman–Crippen LogP) is 21.9. The van der Waals surface area contributed by atoms with Gasteiger partial charge in [0.1, 0.15) is 13.2 Å². The van der Waals surface area contributed by atoms with Gasteiger partial charge in [-0.3, -0.25) is 14.4 Å². The molecule has 0 aliphatic rings. The van der Waals surface area contributed by atoms with Crippen molar-refractivity contribution >= 4 is 17.9 Å². The molecule has 0 spiro atoms. The molecule has 0 aliphatic heterocycles. The topological polar surface area (TPSA) is 78.9 Å². The summed E-state index contributed by atoms with van der Waals surface area (Å²) in [5, 5.41) is 0. The standard InChI is InChI=1S/C73H114O6/c1-4-7-10-13-16-19-22-25-28-30-32-33-34-35-36-37-38-39-41-42-45-48-51-54-57-60-63-66-72(75)78-69-70(68-77-71(74)65-62-59-56-53-50-47-44-27-24-21-18-15-12-9-6-3)79-73(76)67-64-61-58-55-52-49-46-43-40-31-29-26-23-20-17-14-11-8-5-2/h7-8,10-11,16-21,25-29,32-33,35-36,38-40,42-45,49,52,70H,4-6,9,12-15,22-24,30-31,34,37,41,46-48,50-51,53-69H2,1-3H3/b10-7-,11-8-,19-16-,20-17-,21-18-,28-25-,29-26-,33-32-,36-35-,39-38-,43-40-,44-27-,45-42-,52-49-. The molecule has 0 saturated carbocycles. The predicted molar refractivity (Wildman–Crippen MR) is 343 cm³/mol. The fraction of sp³-hybridized carbons (Fsp3) is 0.575. The Kier molecular flexibility index (Phi) is 61.0. The minimum absolute atomic E-state index is 0.113. The first-order chi connectivity index (χ1) is 39.0. The highest BCUT2D eigenvalue weighted by molar-refractivity contribution is 5.71. The van der Waals surface area contributed by atoms with Crippen molar-refractivity contribution in [1.82, 2.24) is 0 Å². The number of carbonyl (C=O) groups is 3. The Hall–Kier alpha value is -5.23. The van der Waals surface area contributed by atoms with Gasteiger partial charge in [-0.15, -0.1) is 0 Å². The van der Waals surface area contributed by atoms with Crippen LogP contribution in [0.4, 0.5) is 0 Å². The second-order valence-corrected chi connectivity index (χ2v) is 20.2. The van der Waals surface area contributed by atoms with Gasteiger partial charge < -0.3 is 14.2 Å². The molecule has 0 heterocycles. The molecule has 79 heavy (non-hydrogen) atoms. The van der Waals surface area contributed by atoms with Gasteiger partial charge in [-0.2, -0.15) is 0 Å². The Bertz CT molecular complexity index is 1820. The van der Waals surface area contributed by atoms with E-state index in [9.17, 15) is 14.4 Å². The molecule has 0 N–H and O–H groups in total. The number of esters is 3. The summed E-state index contributed by atoms with van der Waals surface area (Å²) in [6, 6.07) is 0. The Balaban J connectivity index is 4.50. The molecule has 442 valence electrons. The fourth-order valence-electron chi connectivity index (χ4n) is 8.01. The van der Waals surface area contributed by atoms with Crippen molar-refractivity contribution in [2.75, 3.05) is 13.2 Å². The number of hydrogen-bond donors (Lipinski definition) is 0. The Morgan fingerprint density at radius 1 is 0.266 bits per heavy atom. The molecule has 0 aliphatic carbocycles. The lowest BCUT2D eigenvalue weighted by Crippen LogP contribution is -2.30. The summed E-state index contributed by atoms with van der Waals surface area (Å²) >= 11 is 0. The highest BCUT2D eigenvalue weighted by Gasteiger charge is 2.19. The lowest BCUT2D eigenvalue weighted by Gasteiger charge is -2.18. The van der Waals surface area contributed by atoms with Crippen LogP contribution in [0.25, 0.3) is 0 Å². The van der Waals surface area contributed by atoms with E-state index < -0.39 is 6.10 Å². The van der Waals surface area contributed by atoms with Crippen molar-refractivity contribution < 1.29 is 28.6 Å². The molecule has 0 radical (unpaired) electrons. The summed E-state index contributed by atoms with van der Waals surface area (Å²) < 4.78 is 16.9. The molecule has 0 fully saturated rings. The number of carbonyl (C=O) groups excluding carboxylic acids is 3. The summed E-state index contributed by atoms with van der Waals surface area (Å²) in [6.07, 6.45) is 96.3. The van der Waals surface area contributed by atoms with Crippen molar-refractivity contribution in [2.45, 2.75) is 258 Å². The van der Waals surface area contributed by atoms with Crippen LogP contribution in [-0.2, 0) is 28.6 Å². The van der Waals surface area contributed by atoms with Crippen LogP contribution in [0, 0.1) is 0 Å². The molecule has 0 aromatic heterocycles. The number of allylic oxidation sites excluding steroid dienone is 28. The maximum atomic E-state index is 12.9. The summed E-state index contributed by atoms with van der Waals surface area (Å²) in [4.78, 5) is 38.3. The van der Waals surface area contributed by atoms with Crippen molar-refractivity contribution in [3.8, 4) is 0 Å². The normalized spacial score (nSPS) is 13.3. The molecule has 0 rings (SSSR count). The fourth-order valence-corrected chi connectivity index (χ4v) is 8.01. The van der Waals surface area contributed by atoms with Gasteiger partial charge in [0.25, 0.3) is 0 Å². The maximum absolute atomic E-state index is 12.9. The van der Waals surface area contributed by atoms with Gasteiger partial charge in [-0.1, -0.05) is 249 Å². The van der Waals surface area contributed by atoms with Gasteiger partial charge in [0, 0.05) is 19.3 Å². The van der Waals surface area contributed by atoms with Crippen molar-refractivity contribution in [2.24, 2.45) is 0 Å². The van der Waals surface area contributed by atoms with Crippen LogP contribution < -0.4 is 0 Å². The number of rotatable bonds is 55. The third-order valence-electron chi connectivity index (χ3n) is 12.7. The van der Waals surface area contributed by atoms with E-state index in [2.05, 4.69) is 191 Å². The lowest BCUT2D eigenvalue weighted by atomic mass is 10.1. The molecular formula is C73H114O6. The van der Waals surface area contributed by atoms with E-state index in [1.54, 1.807) is 0 Å². The smallest absolute Gasteiger partial charge is 0.306 e. The van der Waals surface area contributed by atoms with E-state index in [-0.39, 0.29) is 37.5 Å². The third-order valence-corrected chi connectivity index (χ3v) is 12.7. The highest BCUT2D eigenvalue weighted by atomic mass is 16.6. The summed E-state index contributed by atoms with van der Waals surface area (Å²) in [6.45, 7) is 6.32. The van der Waals surface area contributed by atoms with Crippen molar-refractivity contribution in [3.63, 3.8) is 0 Å². The van der Waals surface area contributed by atoms with Gasteiger partial charge in [-0.25, -0.2) is 0 Å². The average Bonchev–Trinajstić information content (AvgIpc) is 3.45. The molecule has 0 saturated heterocycles. The van der Waals surface area contributed by atoms with Crippen LogP contribution in [0.15, 0.2) is 170 Å². The maximum Gasteiger partial charge on any atom is 0.306 e. The first-order valence-corrected chi connectivity index (χ1v) is 31.6. The van der Waals surface area contributed by atoms with Crippen LogP contribution in [0.1, 0.15) is 252 Å². The van der Waals surface area contributed by atoms with Crippen LogP contribution in [-0.4, -0.2) is 37.2 Å². The molecule has 1 unspecified atom stereocenters. The second-order valence-electron chi connectivity index (χ2n) is 20.2. The first kappa shape index (κ1) is 73.8. The molecule has 0 amide bonds. The van der Waals surface area contributed by atoms with Gasteiger partial charge in [0.15, 0.2) is 6.10 Å². The Morgan fingerprint density at radius 2 is 0.494 bits per heavy atom. The van der Waals surface area contributed by atoms with Crippen molar-refractivity contribution in [1.29, 1.82) is 0 Å². The summed E-state index contributed by atoms with van der Waals surface area (Å²) in [7, 11) is 0. The van der Waals surface area contributed by atoms with E-state index in [4.69, 9.17) is 14.2 Å². The van der Waals surface area contributed by atoms with Crippen LogP contribution in [0.3, 0.4) is 0 Å². The number of hydrogen-bond acceptors (Lipinski definition) is 6. The largest absolute Gasteiger partial charge is 0.462 e. The molecule has 0 aromatic rings. The van der Waals surface area contributed by atoms with E-state index in [0.29, 0.717) is 19.3 Å². The lowest BCUT2D eigenvalue weighted by molar-refractivity contribution is -0.167. The molecular weight excluding hydrogens is 973 g/mol. The monoisotopic (exact) mass is 1090 g/mol. The third kappa shape index (κ3) is 63.5. The van der Waals surface area contributed by atoms with E-state index in [0.717, 1.165) is 180 Å². The SMILES string of the molecule is CC/C=C\C/C=C\C/C=C\C/C=C\C/C=C\C/C=C\C/C=C\CCCCCCCC(=O)OCC(COC(=O)CCCCCCC/C=C\C/C=C\CCCCC)OC(=O)CCCCC/C=C\C/C=C\C/C=C\C/C=C\C/C=C\CC. The molecule has 6 heteroatoms. The highest BCUT2D eigenvalue weighted by Crippen LogP contribution is 2.13. The van der Waals surface area contributed by atoms with E-state index in [1.807, 2.05) is 0 Å². The van der Waals surface area contributed by atoms with Crippen LogP contribution >= 0.6 is 0 Å². The Labute approximate surface area is 485 Å². The molecule has 0 aromatic carbocycles. The van der Waals surface area contributed by atoms with Gasteiger partial charge in [0.2, 0.25) is 0 Å². The zero-order valence-corrected chi connectivity index (χ0v) is 50.6.